The lowest BCUT2D eigenvalue weighted by atomic mass is 10.2. The van der Waals surface area contributed by atoms with Gasteiger partial charge < -0.3 is 15.0 Å². The van der Waals surface area contributed by atoms with Gasteiger partial charge in [-0.2, -0.15) is 0 Å². The highest BCUT2D eigenvalue weighted by atomic mass is 32.1. The number of aromatic nitrogens is 3. The van der Waals surface area contributed by atoms with Crippen LogP contribution >= 0.6 is 11.3 Å². The van der Waals surface area contributed by atoms with Gasteiger partial charge in [0.05, 0.1) is 19.3 Å². The Bertz CT molecular complexity index is 801. The Balaban J connectivity index is 1.66. The molecule has 0 saturated heterocycles. The highest BCUT2D eigenvalue weighted by Crippen LogP contribution is 2.26. The van der Waals surface area contributed by atoms with Gasteiger partial charge in [-0.05, 0) is 24.3 Å². The van der Waals surface area contributed by atoms with Crippen LogP contribution in [0.2, 0.25) is 0 Å². The van der Waals surface area contributed by atoms with E-state index >= 15 is 0 Å². The van der Waals surface area contributed by atoms with Crippen LogP contribution in [0.1, 0.15) is 5.69 Å². The number of hydrogen-bond acceptors (Lipinski definition) is 7. The first kappa shape index (κ1) is 16.2. The van der Waals surface area contributed by atoms with Crippen LogP contribution in [0, 0.1) is 0 Å². The number of benzene rings is 1. The molecule has 0 aliphatic carbocycles. The van der Waals surface area contributed by atoms with E-state index in [1.54, 1.807) is 24.8 Å². The lowest BCUT2D eigenvalue weighted by Crippen LogP contribution is -2.11. The summed E-state index contributed by atoms with van der Waals surface area (Å²) < 4.78 is 5.18. The molecule has 0 saturated carbocycles. The van der Waals surface area contributed by atoms with E-state index in [4.69, 9.17) is 4.74 Å². The molecule has 0 aliphatic heterocycles. The number of nitrogens with one attached hydrogen (secondary N) is 1. The molecule has 7 heteroatoms. The van der Waals surface area contributed by atoms with Crippen molar-refractivity contribution in [1.29, 1.82) is 0 Å². The summed E-state index contributed by atoms with van der Waals surface area (Å²) in [6.45, 7) is 0.622. The summed E-state index contributed by atoms with van der Waals surface area (Å²) in [5.74, 6) is 2.50. The molecule has 1 N–H and O–H groups in total. The number of anilines is 2. The van der Waals surface area contributed by atoms with Crippen LogP contribution in [0.4, 0.5) is 11.6 Å². The van der Waals surface area contributed by atoms with Crippen LogP contribution in [0.25, 0.3) is 10.6 Å². The molecule has 0 bridgehead atoms. The number of hydrogen-bond donors (Lipinski definition) is 1. The van der Waals surface area contributed by atoms with Crippen molar-refractivity contribution in [3.63, 3.8) is 0 Å². The predicted octanol–water partition coefficient (Wildman–Crippen LogP) is 3.29. The summed E-state index contributed by atoms with van der Waals surface area (Å²) in [6.07, 6.45) is 1.56. The Kier molecular flexibility index (Phi) is 4.90. The van der Waals surface area contributed by atoms with Gasteiger partial charge in [0.1, 0.15) is 28.7 Å². The molecule has 3 aromatic rings. The van der Waals surface area contributed by atoms with Gasteiger partial charge in [0.2, 0.25) is 0 Å². The van der Waals surface area contributed by atoms with Crippen LogP contribution in [-0.2, 0) is 6.54 Å². The molecule has 0 atom stereocenters. The van der Waals surface area contributed by atoms with E-state index in [-0.39, 0.29) is 0 Å². The van der Waals surface area contributed by atoms with E-state index < -0.39 is 0 Å². The molecule has 2 heterocycles. The van der Waals surface area contributed by atoms with E-state index in [1.807, 2.05) is 49.3 Å². The van der Waals surface area contributed by atoms with Gasteiger partial charge in [0.15, 0.2) is 0 Å². The molecule has 0 aliphatic rings. The van der Waals surface area contributed by atoms with Crippen LogP contribution in [0.15, 0.2) is 42.0 Å². The molecule has 2 aromatic heterocycles. The summed E-state index contributed by atoms with van der Waals surface area (Å²) in [5.41, 5.74) is 2.07. The summed E-state index contributed by atoms with van der Waals surface area (Å²) in [4.78, 5) is 15.0. The second-order valence-electron chi connectivity index (χ2n) is 5.38. The fourth-order valence-corrected chi connectivity index (χ4v) is 2.95. The first-order valence-corrected chi connectivity index (χ1v) is 8.36. The lowest BCUT2D eigenvalue weighted by Gasteiger charge is -2.11. The molecule has 0 spiro atoms. The SMILES string of the molecule is COc1ccc(-c2nc(CNc3cc(N(C)C)ncn3)cs2)cc1. The fourth-order valence-electron chi connectivity index (χ4n) is 2.12. The highest BCUT2D eigenvalue weighted by molar-refractivity contribution is 7.13. The fraction of sp³-hybridized carbons (Fsp3) is 0.235. The number of nitrogens with zero attached hydrogens (tertiary/aromatic N) is 4. The second kappa shape index (κ2) is 7.27. The predicted molar refractivity (Wildman–Crippen MR) is 97.8 cm³/mol. The van der Waals surface area contributed by atoms with Crippen molar-refractivity contribution in [3.05, 3.63) is 47.7 Å². The van der Waals surface area contributed by atoms with Crippen LogP contribution < -0.4 is 15.0 Å². The van der Waals surface area contributed by atoms with E-state index in [0.29, 0.717) is 6.54 Å². The zero-order valence-electron chi connectivity index (χ0n) is 13.9. The Hall–Kier alpha value is -2.67. The molecular weight excluding hydrogens is 322 g/mol. The molecule has 24 heavy (non-hydrogen) atoms. The Morgan fingerprint density at radius 2 is 1.96 bits per heavy atom. The molecule has 1 aromatic carbocycles. The topological polar surface area (TPSA) is 63.2 Å². The molecule has 124 valence electrons. The average Bonchev–Trinajstić information content (AvgIpc) is 3.09. The zero-order chi connectivity index (χ0) is 16.9. The van der Waals surface area contributed by atoms with Crippen molar-refractivity contribution >= 4 is 23.0 Å². The normalized spacial score (nSPS) is 10.5. The Morgan fingerprint density at radius 1 is 1.17 bits per heavy atom. The minimum atomic E-state index is 0.622. The smallest absolute Gasteiger partial charge is 0.133 e. The molecular formula is C17H19N5OS. The average molecular weight is 341 g/mol. The minimum absolute atomic E-state index is 0.622. The third kappa shape index (κ3) is 3.80. The maximum absolute atomic E-state index is 5.18. The quantitative estimate of drug-likeness (QED) is 0.742. The van der Waals surface area contributed by atoms with Crippen molar-refractivity contribution in [2.24, 2.45) is 0 Å². The van der Waals surface area contributed by atoms with Gasteiger partial charge in [-0.3, -0.25) is 0 Å². The molecule has 0 radical (unpaired) electrons. The monoisotopic (exact) mass is 341 g/mol. The van der Waals surface area contributed by atoms with E-state index in [1.165, 1.54) is 0 Å². The minimum Gasteiger partial charge on any atom is -0.497 e. The third-order valence-corrected chi connectivity index (χ3v) is 4.39. The Labute approximate surface area is 145 Å². The number of ether oxygens (including phenoxy) is 1. The number of rotatable bonds is 6. The molecule has 0 amide bonds. The van der Waals surface area contributed by atoms with Crippen molar-refractivity contribution in [2.45, 2.75) is 6.54 Å². The van der Waals surface area contributed by atoms with Crippen molar-refractivity contribution in [2.75, 3.05) is 31.4 Å². The van der Waals surface area contributed by atoms with Gasteiger partial charge in [0, 0.05) is 31.1 Å². The zero-order valence-corrected chi connectivity index (χ0v) is 14.7. The number of thiazole rings is 1. The van der Waals surface area contributed by atoms with E-state index in [9.17, 15) is 0 Å². The standard InChI is InChI=1S/C17H19N5OS/c1-22(2)16-8-15(19-11-20-16)18-9-13-10-24-17(21-13)12-4-6-14(23-3)7-5-12/h4-8,10-11H,9H2,1-3H3,(H,18,19,20). The van der Waals surface area contributed by atoms with Crippen molar-refractivity contribution in [1.82, 2.24) is 15.0 Å². The maximum Gasteiger partial charge on any atom is 0.133 e. The summed E-state index contributed by atoms with van der Waals surface area (Å²) in [6, 6.07) is 9.83. The van der Waals surface area contributed by atoms with Gasteiger partial charge in [-0.25, -0.2) is 15.0 Å². The largest absolute Gasteiger partial charge is 0.497 e. The molecule has 0 unspecified atom stereocenters. The van der Waals surface area contributed by atoms with Crippen molar-refractivity contribution in [3.8, 4) is 16.3 Å². The van der Waals surface area contributed by atoms with Gasteiger partial charge >= 0.3 is 0 Å². The lowest BCUT2D eigenvalue weighted by molar-refractivity contribution is 0.415. The van der Waals surface area contributed by atoms with Crippen LogP contribution in [0.3, 0.4) is 0 Å². The van der Waals surface area contributed by atoms with Crippen molar-refractivity contribution < 1.29 is 4.74 Å². The molecule has 3 rings (SSSR count). The van der Waals surface area contributed by atoms with Crippen LogP contribution in [-0.4, -0.2) is 36.2 Å². The molecule has 6 nitrogen and oxygen atoms in total. The number of methoxy groups -OCH3 is 1. The second-order valence-corrected chi connectivity index (χ2v) is 6.24. The summed E-state index contributed by atoms with van der Waals surface area (Å²) >= 11 is 1.63. The van der Waals surface area contributed by atoms with E-state index in [0.717, 1.165) is 33.7 Å². The van der Waals surface area contributed by atoms with Crippen LogP contribution in [0.5, 0.6) is 5.75 Å². The molecule has 0 fully saturated rings. The third-order valence-electron chi connectivity index (χ3n) is 3.45. The van der Waals surface area contributed by atoms with Gasteiger partial charge in [-0.1, -0.05) is 0 Å². The van der Waals surface area contributed by atoms with Gasteiger partial charge in [0.25, 0.3) is 0 Å². The first-order valence-electron chi connectivity index (χ1n) is 7.48. The Morgan fingerprint density at radius 3 is 2.67 bits per heavy atom. The summed E-state index contributed by atoms with van der Waals surface area (Å²) in [7, 11) is 5.57. The summed E-state index contributed by atoms with van der Waals surface area (Å²) in [5, 5.41) is 6.33. The highest BCUT2D eigenvalue weighted by Gasteiger charge is 2.06. The first-order chi connectivity index (χ1) is 11.7. The maximum atomic E-state index is 5.18. The van der Waals surface area contributed by atoms with E-state index in [2.05, 4.69) is 25.6 Å². The van der Waals surface area contributed by atoms with Gasteiger partial charge in [-0.15, -0.1) is 11.3 Å².